The van der Waals surface area contributed by atoms with Crippen molar-refractivity contribution in [3.8, 4) is 0 Å². The van der Waals surface area contributed by atoms with Crippen molar-refractivity contribution in [3.05, 3.63) is 6.92 Å². The maximum atomic E-state index is 3.90. The Hall–Kier alpha value is -0.0400. The molecule has 1 rings (SSSR count). The monoisotopic (exact) mass is 154 g/mol. The van der Waals surface area contributed by atoms with Gasteiger partial charge >= 0.3 is 0 Å². The Balaban J connectivity index is 2.10. The first-order chi connectivity index (χ1) is 5.38. The van der Waals surface area contributed by atoms with Crippen LogP contribution in [-0.4, -0.2) is 24.0 Å². The smallest absolute Gasteiger partial charge is 0.00964 e. The Labute approximate surface area is 70.8 Å². The number of hydrogen-bond donors (Lipinski definition) is 0. The van der Waals surface area contributed by atoms with Crippen molar-refractivity contribution in [1.82, 2.24) is 4.90 Å². The van der Waals surface area contributed by atoms with Crippen LogP contribution in [0.3, 0.4) is 0 Å². The molecule has 1 fully saturated rings. The fourth-order valence-corrected chi connectivity index (χ4v) is 1.48. The molecule has 0 N–H and O–H groups in total. The minimum atomic E-state index is 0.934. The molecule has 1 aliphatic carbocycles. The number of rotatable bonds is 6. The molecule has 1 heteroatoms. The Morgan fingerprint density at radius 1 is 1.36 bits per heavy atom. The molecule has 0 bridgehead atoms. The summed E-state index contributed by atoms with van der Waals surface area (Å²) in [6.07, 6.45) is 6.62. The van der Waals surface area contributed by atoms with E-state index in [-0.39, 0.29) is 0 Å². The van der Waals surface area contributed by atoms with Crippen molar-refractivity contribution in [2.24, 2.45) is 0 Å². The Kier molecular flexibility index (Phi) is 3.92. The van der Waals surface area contributed by atoms with Crippen molar-refractivity contribution < 1.29 is 0 Å². The molecule has 0 aromatic heterocycles. The molecule has 0 heterocycles. The highest BCUT2D eigenvalue weighted by Crippen LogP contribution is 2.26. The van der Waals surface area contributed by atoms with Gasteiger partial charge in [-0.05, 0) is 38.8 Å². The zero-order chi connectivity index (χ0) is 8.10. The SMILES string of the molecule is [CH2]CCN(CCCC)C1CC1. The molecule has 1 aliphatic rings. The fraction of sp³-hybridized carbons (Fsp3) is 0.900. The molecular weight excluding hydrogens is 134 g/mol. The molecule has 1 nitrogen and oxygen atoms in total. The first-order valence-corrected chi connectivity index (χ1v) is 4.91. The molecule has 0 saturated heterocycles. The summed E-state index contributed by atoms with van der Waals surface area (Å²) in [5.74, 6) is 0. The lowest BCUT2D eigenvalue weighted by molar-refractivity contribution is 0.264. The van der Waals surface area contributed by atoms with Gasteiger partial charge in [0.05, 0.1) is 0 Å². The van der Waals surface area contributed by atoms with Gasteiger partial charge in [-0.15, -0.1) is 0 Å². The summed E-state index contributed by atoms with van der Waals surface area (Å²) >= 11 is 0. The van der Waals surface area contributed by atoms with Gasteiger partial charge in [0.25, 0.3) is 0 Å². The van der Waals surface area contributed by atoms with Gasteiger partial charge in [-0.3, -0.25) is 0 Å². The molecule has 1 radical (unpaired) electrons. The van der Waals surface area contributed by atoms with E-state index in [1.165, 1.54) is 38.8 Å². The van der Waals surface area contributed by atoms with Gasteiger partial charge in [0.2, 0.25) is 0 Å². The second kappa shape index (κ2) is 4.76. The topological polar surface area (TPSA) is 3.24 Å². The summed E-state index contributed by atoms with van der Waals surface area (Å²) in [5.41, 5.74) is 0. The lowest BCUT2D eigenvalue weighted by atomic mass is 10.3. The van der Waals surface area contributed by atoms with Crippen molar-refractivity contribution in [2.75, 3.05) is 13.1 Å². The second-order valence-electron chi connectivity index (χ2n) is 3.47. The number of nitrogens with zero attached hydrogens (tertiary/aromatic N) is 1. The van der Waals surface area contributed by atoms with E-state index in [1.54, 1.807) is 0 Å². The van der Waals surface area contributed by atoms with E-state index >= 15 is 0 Å². The van der Waals surface area contributed by atoms with Crippen LogP contribution in [0.15, 0.2) is 0 Å². The Bertz CT molecular complexity index is 97.0. The number of unbranched alkanes of at least 4 members (excludes halogenated alkanes) is 1. The molecule has 0 unspecified atom stereocenters. The van der Waals surface area contributed by atoms with Crippen LogP contribution in [0.25, 0.3) is 0 Å². The molecule has 0 aliphatic heterocycles. The lowest BCUT2D eigenvalue weighted by Crippen LogP contribution is -2.27. The summed E-state index contributed by atoms with van der Waals surface area (Å²) in [6, 6.07) is 0.934. The van der Waals surface area contributed by atoms with Crippen LogP contribution in [0.5, 0.6) is 0 Å². The van der Waals surface area contributed by atoms with Gasteiger partial charge in [0.1, 0.15) is 0 Å². The van der Waals surface area contributed by atoms with Crippen LogP contribution in [-0.2, 0) is 0 Å². The highest BCUT2D eigenvalue weighted by atomic mass is 15.2. The van der Waals surface area contributed by atoms with Crippen molar-refractivity contribution in [3.63, 3.8) is 0 Å². The molecule has 65 valence electrons. The Morgan fingerprint density at radius 3 is 2.55 bits per heavy atom. The van der Waals surface area contributed by atoms with E-state index in [9.17, 15) is 0 Å². The molecular formula is C10H20N. The van der Waals surface area contributed by atoms with Crippen molar-refractivity contribution in [2.45, 2.75) is 45.1 Å². The molecule has 0 atom stereocenters. The third-order valence-corrected chi connectivity index (χ3v) is 2.31. The molecule has 11 heavy (non-hydrogen) atoms. The van der Waals surface area contributed by atoms with E-state index in [0.29, 0.717) is 0 Å². The average Bonchev–Trinajstić information content (AvgIpc) is 2.80. The molecule has 0 spiro atoms. The predicted octanol–water partition coefficient (Wildman–Crippen LogP) is 2.48. The highest BCUT2D eigenvalue weighted by Gasteiger charge is 2.27. The fourth-order valence-electron chi connectivity index (χ4n) is 1.48. The average molecular weight is 154 g/mol. The molecule has 0 aromatic rings. The van der Waals surface area contributed by atoms with Crippen molar-refractivity contribution >= 4 is 0 Å². The summed E-state index contributed by atoms with van der Waals surface area (Å²) < 4.78 is 0. The summed E-state index contributed by atoms with van der Waals surface area (Å²) in [4.78, 5) is 2.61. The van der Waals surface area contributed by atoms with E-state index < -0.39 is 0 Å². The maximum Gasteiger partial charge on any atom is 0.00964 e. The molecule has 0 aromatic carbocycles. The Morgan fingerprint density at radius 2 is 2.09 bits per heavy atom. The normalized spacial score (nSPS) is 17.7. The third-order valence-electron chi connectivity index (χ3n) is 2.31. The van der Waals surface area contributed by atoms with Gasteiger partial charge in [0.15, 0.2) is 0 Å². The van der Waals surface area contributed by atoms with Crippen LogP contribution in [0.4, 0.5) is 0 Å². The van der Waals surface area contributed by atoms with Crippen molar-refractivity contribution in [1.29, 1.82) is 0 Å². The summed E-state index contributed by atoms with van der Waals surface area (Å²) in [7, 11) is 0. The van der Waals surface area contributed by atoms with E-state index in [1.807, 2.05) is 0 Å². The highest BCUT2D eigenvalue weighted by molar-refractivity contribution is 4.84. The van der Waals surface area contributed by atoms with Crippen LogP contribution >= 0.6 is 0 Å². The summed E-state index contributed by atoms with van der Waals surface area (Å²) in [6.45, 7) is 8.68. The maximum absolute atomic E-state index is 3.90. The lowest BCUT2D eigenvalue weighted by Gasteiger charge is -2.20. The number of hydrogen-bond acceptors (Lipinski definition) is 1. The van der Waals surface area contributed by atoms with E-state index in [0.717, 1.165) is 12.5 Å². The predicted molar refractivity (Wildman–Crippen MR) is 49.5 cm³/mol. The van der Waals surface area contributed by atoms with Gasteiger partial charge in [-0.1, -0.05) is 20.3 Å². The minimum absolute atomic E-state index is 0.934. The zero-order valence-corrected chi connectivity index (χ0v) is 7.68. The first kappa shape index (κ1) is 9.05. The van der Waals surface area contributed by atoms with Crippen LogP contribution < -0.4 is 0 Å². The molecule has 0 amide bonds. The third kappa shape index (κ3) is 3.24. The zero-order valence-electron chi connectivity index (χ0n) is 7.68. The van der Waals surface area contributed by atoms with Gasteiger partial charge in [0, 0.05) is 6.04 Å². The molecule has 1 saturated carbocycles. The second-order valence-corrected chi connectivity index (χ2v) is 3.47. The van der Waals surface area contributed by atoms with E-state index in [4.69, 9.17) is 0 Å². The standard InChI is InChI=1S/C10H20N/c1-3-5-9-11(8-4-2)10-6-7-10/h10H,2-9H2,1H3. The van der Waals surface area contributed by atoms with Gasteiger partial charge in [-0.25, -0.2) is 0 Å². The quantitative estimate of drug-likeness (QED) is 0.568. The van der Waals surface area contributed by atoms with Crippen LogP contribution in [0, 0.1) is 6.92 Å². The van der Waals surface area contributed by atoms with Crippen LogP contribution in [0.2, 0.25) is 0 Å². The first-order valence-electron chi connectivity index (χ1n) is 4.91. The van der Waals surface area contributed by atoms with E-state index in [2.05, 4.69) is 18.7 Å². The van der Waals surface area contributed by atoms with Gasteiger partial charge < -0.3 is 4.90 Å². The minimum Gasteiger partial charge on any atom is -0.300 e. The van der Waals surface area contributed by atoms with Gasteiger partial charge in [-0.2, -0.15) is 0 Å². The summed E-state index contributed by atoms with van der Waals surface area (Å²) in [5, 5.41) is 0. The largest absolute Gasteiger partial charge is 0.300 e. The van der Waals surface area contributed by atoms with Crippen LogP contribution in [0.1, 0.15) is 39.0 Å².